The van der Waals surface area contributed by atoms with Crippen molar-refractivity contribution >= 4 is 17.3 Å². The minimum atomic E-state index is -0.555. The number of nitrogens with zero attached hydrogens (tertiary/aromatic N) is 3. The van der Waals surface area contributed by atoms with Crippen molar-refractivity contribution in [2.75, 3.05) is 0 Å². The largest absolute Gasteiger partial charge is 0.334 e. The van der Waals surface area contributed by atoms with E-state index in [0.717, 1.165) is 5.56 Å². The van der Waals surface area contributed by atoms with Crippen molar-refractivity contribution < 1.29 is 9.45 Å². The van der Waals surface area contributed by atoms with Gasteiger partial charge in [-0.05, 0) is 12.1 Å². The molecule has 0 saturated carbocycles. The van der Waals surface area contributed by atoms with Gasteiger partial charge >= 0.3 is 0 Å². The maximum Gasteiger partial charge on any atom is 0.288 e. The quantitative estimate of drug-likeness (QED) is 0.540. The molecule has 1 aromatic heterocycles. The van der Waals surface area contributed by atoms with Crippen LogP contribution in [0.15, 0.2) is 53.1 Å². The lowest BCUT2D eigenvalue weighted by Gasteiger charge is -1.97. The smallest absolute Gasteiger partial charge is 0.288 e. The van der Waals surface area contributed by atoms with Crippen LogP contribution in [-0.4, -0.2) is 15.1 Å². The van der Waals surface area contributed by atoms with Gasteiger partial charge in [0.2, 0.25) is 5.82 Å². The lowest BCUT2D eigenvalue weighted by atomic mass is 10.2. The summed E-state index contributed by atoms with van der Waals surface area (Å²) in [5.74, 6) is 0.622. The number of nitro benzene ring substituents is 1. The summed E-state index contributed by atoms with van der Waals surface area (Å²) in [5.41, 5.74) is 1.05. The molecule has 2 aromatic carbocycles. The highest BCUT2D eigenvalue weighted by Crippen LogP contribution is 2.30. The van der Waals surface area contributed by atoms with Crippen LogP contribution in [0.1, 0.15) is 0 Å². The van der Waals surface area contributed by atoms with Crippen LogP contribution in [0.5, 0.6) is 0 Å². The van der Waals surface area contributed by atoms with E-state index >= 15 is 0 Å². The number of rotatable bonds is 3. The molecule has 1 heterocycles. The van der Waals surface area contributed by atoms with E-state index in [0.29, 0.717) is 11.4 Å². The third kappa shape index (κ3) is 2.61. The van der Waals surface area contributed by atoms with Crippen LogP contribution in [0.4, 0.5) is 5.69 Å². The summed E-state index contributed by atoms with van der Waals surface area (Å²) < 4.78 is 5.15. The Balaban J connectivity index is 2.01. The van der Waals surface area contributed by atoms with E-state index in [2.05, 4.69) is 10.1 Å². The molecular weight excluding hydrogens is 294 g/mol. The Morgan fingerprint density at radius 3 is 2.57 bits per heavy atom. The zero-order valence-corrected chi connectivity index (χ0v) is 11.3. The maximum atomic E-state index is 10.9. The molecule has 21 heavy (non-hydrogen) atoms. The van der Waals surface area contributed by atoms with Gasteiger partial charge in [0.1, 0.15) is 5.02 Å². The van der Waals surface area contributed by atoms with Gasteiger partial charge in [-0.25, -0.2) is 0 Å². The second kappa shape index (κ2) is 5.34. The normalized spacial score (nSPS) is 10.5. The first-order valence-electron chi connectivity index (χ1n) is 5.98. The molecule has 0 bridgehead atoms. The summed E-state index contributed by atoms with van der Waals surface area (Å²) in [7, 11) is 0. The molecule has 0 saturated heterocycles. The van der Waals surface area contributed by atoms with E-state index in [4.69, 9.17) is 16.1 Å². The fraction of sp³-hybridized carbons (Fsp3) is 0. The number of hydrogen-bond acceptors (Lipinski definition) is 5. The fourth-order valence-electron chi connectivity index (χ4n) is 1.83. The molecule has 0 unspecified atom stereocenters. The molecule has 6 nitrogen and oxygen atoms in total. The minimum absolute atomic E-state index is 0.0616. The van der Waals surface area contributed by atoms with Gasteiger partial charge in [0.25, 0.3) is 11.6 Å². The van der Waals surface area contributed by atoms with Gasteiger partial charge in [-0.15, -0.1) is 0 Å². The first-order chi connectivity index (χ1) is 10.1. The van der Waals surface area contributed by atoms with E-state index in [9.17, 15) is 10.1 Å². The molecule has 0 fully saturated rings. The second-order valence-corrected chi connectivity index (χ2v) is 4.62. The topological polar surface area (TPSA) is 82.1 Å². The van der Waals surface area contributed by atoms with Gasteiger partial charge in [0.05, 0.1) is 4.92 Å². The maximum absolute atomic E-state index is 10.9. The molecule has 0 spiro atoms. The van der Waals surface area contributed by atoms with E-state index in [1.807, 2.05) is 30.3 Å². The second-order valence-electron chi connectivity index (χ2n) is 4.21. The standard InChI is InChI=1S/C14H8ClN3O3/c15-11-7-6-10(8-12(11)18(19)20)14-16-13(17-21-14)9-4-2-1-3-5-9/h1-8H. The van der Waals surface area contributed by atoms with Crippen molar-refractivity contribution in [1.29, 1.82) is 0 Å². The Kier molecular flexibility index (Phi) is 3.37. The van der Waals surface area contributed by atoms with Crippen LogP contribution >= 0.6 is 11.6 Å². The van der Waals surface area contributed by atoms with Gasteiger partial charge in [0.15, 0.2) is 0 Å². The summed E-state index contributed by atoms with van der Waals surface area (Å²) in [5, 5.41) is 14.8. The Bertz CT molecular complexity index is 802. The van der Waals surface area contributed by atoms with Crippen molar-refractivity contribution in [3.63, 3.8) is 0 Å². The zero-order valence-electron chi connectivity index (χ0n) is 10.6. The van der Waals surface area contributed by atoms with Crippen LogP contribution in [0, 0.1) is 10.1 Å². The molecule has 104 valence electrons. The van der Waals surface area contributed by atoms with Crippen molar-refractivity contribution in [3.8, 4) is 22.8 Å². The van der Waals surface area contributed by atoms with Crippen molar-refractivity contribution in [1.82, 2.24) is 10.1 Å². The van der Waals surface area contributed by atoms with E-state index < -0.39 is 4.92 Å². The number of hydrogen-bond donors (Lipinski definition) is 0. The first kappa shape index (κ1) is 13.3. The highest BCUT2D eigenvalue weighted by molar-refractivity contribution is 6.32. The third-order valence-corrected chi connectivity index (χ3v) is 3.17. The summed E-state index contributed by atoms with van der Waals surface area (Å²) in [6.07, 6.45) is 0. The molecule has 0 aliphatic rings. The predicted molar refractivity (Wildman–Crippen MR) is 76.8 cm³/mol. The van der Waals surface area contributed by atoms with Crippen LogP contribution in [0.3, 0.4) is 0 Å². The molecular formula is C14H8ClN3O3. The van der Waals surface area contributed by atoms with Gasteiger partial charge in [-0.1, -0.05) is 47.1 Å². The summed E-state index contributed by atoms with van der Waals surface area (Å²) >= 11 is 5.77. The Morgan fingerprint density at radius 1 is 1.10 bits per heavy atom. The van der Waals surface area contributed by atoms with Crippen molar-refractivity contribution in [2.24, 2.45) is 0 Å². The molecule has 0 atom stereocenters. The highest BCUT2D eigenvalue weighted by atomic mass is 35.5. The van der Waals surface area contributed by atoms with Gasteiger partial charge in [0, 0.05) is 17.2 Å². The SMILES string of the molecule is O=[N+]([O-])c1cc(-c2nc(-c3ccccc3)no2)ccc1Cl. The molecule has 0 amide bonds. The zero-order chi connectivity index (χ0) is 14.8. The summed E-state index contributed by atoms with van der Waals surface area (Å²) in [6.45, 7) is 0. The lowest BCUT2D eigenvalue weighted by molar-refractivity contribution is -0.384. The molecule has 3 rings (SSSR count). The Labute approximate surface area is 124 Å². The lowest BCUT2D eigenvalue weighted by Crippen LogP contribution is -1.90. The Morgan fingerprint density at radius 2 is 1.86 bits per heavy atom. The predicted octanol–water partition coefficient (Wildman–Crippen LogP) is 3.97. The molecule has 7 heteroatoms. The first-order valence-corrected chi connectivity index (χ1v) is 6.36. The minimum Gasteiger partial charge on any atom is -0.334 e. The van der Waals surface area contributed by atoms with Crippen LogP contribution in [0.25, 0.3) is 22.8 Å². The van der Waals surface area contributed by atoms with Crippen LogP contribution < -0.4 is 0 Å². The number of halogens is 1. The molecule has 0 aliphatic heterocycles. The van der Waals surface area contributed by atoms with Crippen LogP contribution in [-0.2, 0) is 0 Å². The van der Waals surface area contributed by atoms with Gasteiger partial charge in [-0.2, -0.15) is 4.98 Å². The van der Waals surface area contributed by atoms with E-state index in [1.54, 1.807) is 6.07 Å². The molecule has 0 aliphatic carbocycles. The average Bonchev–Trinajstić information content (AvgIpc) is 2.98. The van der Waals surface area contributed by atoms with Crippen molar-refractivity contribution in [2.45, 2.75) is 0 Å². The third-order valence-electron chi connectivity index (χ3n) is 2.85. The Hall–Kier alpha value is -2.73. The van der Waals surface area contributed by atoms with Gasteiger partial charge in [-0.3, -0.25) is 10.1 Å². The molecule has 3 aromatic rings. The number of aromatic nitrogens is 2. The number of nitro groups is 1. The molecule has 0 radical (unpaired) electrons. The summed E-state index contributed by atoms with van der Waals surface area (Å²) in [4.78, 5) is 14.6. The van der Waals surface area contributed by atoms with Crippen molar-refractivity contribution in [3.05, 3.63) is 63.7 Å². The monoisotopic (exact) mass is 301 g/mol. The summed E-state index contributed by atoms with van der Waals surface area (Å²) in [6, 6.07) is 13.6. The van der Waals surface area contributed by atoms with Gasteiger partial charge < -0.3 is 4.52 Å². The average molecular weight is 302 g/mol. The van der Waals surface area contributed by atoms with E-state index in [-0.39, 0.29) is 16.6 Å². The molecule has 0 N–H and O–H groups in total. The number of benzene rings is 2. The highest BCUT2D eigenvalue weighted by Gasteiger charge is 2.17. The fourth-order valence-corrected chi connectivity index (χ4v) is 2.02. The van der Waals surface area contributed by atoms with E-state index in [1.165, 1.54) is 12.1 Å². The van der Waals surface area contributed by atoms with Crippen LogP contribution in [0.2, 0.25) is 5.02 Å².